The van der Waals surface area contributed by atoms with Crippen LogP contribution >= 0.6 is 0 Å². The molecule has 0 fully saturated rings. The highest BCUT2D eigenvalue weighted by molar-refractivity contribution is 5.42. The Morgan fingerprint density at radius 1 is 1.42 bits per heavy atom. The Morgan fingerprint density at radius 3 is 3.11 bits per heavy atom. The Labute approximate surface area is 111 Å². The maximum absolute atomic E-state index is 6.00. The fraction of sp³-hybridized carbons (Fsp3) is 0.429. The summed E-state index contributed by atoms with van der Waals surface area (Å²) in [5.41, 5.74) is 7.09. The lowest BCUT2D eigenvalue weighted by Gasteiger charge is -2.03. The second kappa shape index (κ2) is 5.01. The predicted molar refractivity (Wildman–Crippen MR) is 69.9 cm³/mol. The number of hydrogen-bond acceptors (Lipinski definition) is 5. The van der Waals surface area contributed by atoms with Gasteiger partial charge in [0.05, 0.1) is 6.04 Å². The number of hydrogen-bond donors (Lipinski definition) is 1. The molecular formula is C14H17N3O2. The highest BCUT2D eigenvalue weighted by Gasteiger charge is 2.30. The van der Waals surface area contributed by atoms with Gasteiger partial charge < -0.3 is 15.0 Å². The van der Waals surface area contributed by atoms with E-state index in [-0.39, 0.29) is 12.0 Å². The summed E-state index contributed by atoms with van der Waals surface area (Å²) in [5, 5.41) is 3.99. The molecule has 1 aromatic heterocycles. The number of benzene rings is 1. The van der Waals surface area contributed by atoms with Crippen LogP contribution < -0.4 is 10.5 Å². The standard InChI is InChI=1S/C14H17N3O2/c1-2-5-11(15)13-16-14(19-17-13)10-8-18-12-7-4-3-6-9(10)12/h3-4,6-7,10-11H,2,5,8,15H2,1H3. The lowest BCUT2D eigenvalue weighted by atomic mass is 10.0. The number of fused-ring (bicyclic) bond motifs is 1. The van der Waals surface area contributed by atoms with E-state index in [9.17, 15) is 0 Å². The zero-order valence-corrected chi connectivity index (χ0v) is 10.9. The van der Waals surface area contributed by atoms with Crippen LogP contribution in [-0.2, 0) is 0 Å². The average molecular weight is 259 g/mol. The van der Waals surface area contributed by atoms with Crippen LogP contribution in [0.2, 0.25) is 0 Å². The van der Waals surface area contributed by atoms with Crippen molar-refractivity contribution in [2.75, 3.05) is 6.61 Å². The molecule has 2 N–H and O–H groups in total. The Bertz CT molecular complexity index is 567. The molecule has 0 amide bonds. The van der Waals surface area contributed by atoms with E-state index < -0.39 is 0 Å². The normalized spacial score (nSPS) is 18.9. The fourth-order valence-corrected chi connectivity index (χ4v) is 2.35. The highest BCUT2D eigenvalue weighted by Crippen LogP contribution is 2.37. The first-order chi connectivity index (χ1) is 9.29. The van der Waals surface area contributed by atoms with Crippen molar-refractivity contribution in [1.82, 2.24) is 10.1 Å². The smallest absolute Gasteiger partial charge is 0.237 e. The highest BCUT2D eigenvalue weighted by atomic mass is 16.5. The van der Waals surface area contributed by atoms with Gasteiger partial charge in [0.2, 0.25) is 5.89 Å². The number of ether oxygens (including phenoxy) is 1. The Kier molecular flexibility index (Phi) is 3.21. The summed E-state index contributed by atoms with van der Waals surface area (Å²) < 4.78 is 11.0. The molecule has 0 bridgehead atoms. The molecule has 2 unspecified atom stereocenters. The summed E-state index contributed by atoms with van der Waals surface area (Å²) in [7, 11) is 0. The fourth-order valence-electron chi connectivity index (χ4n) is 2.35. The second-order valence-electron chi connectivity index (χ2n) is 4.79. The largest absolute Gasteiger partial charge is 0.492 e. The van der Waals surface area contributed by atoms with E-state index in [0.29, 0.717) is 18.3 Å². The van der Waals surface area contributed by atoms with Crippen LogP contribution in [0.3, 0.4) is 0 Å². The van der Waals surface area contributed by atoms with Crippen molar-refractivity contribution in [1.29, 1.82) is 0 Å². The van der Waals surface area contributed by atoms with Gasteiger partial charge in [-0.25, -0.2) is 0 Å². The summed E-state index contributed by atoms with van der Waals surface area (Å²) in [5.74, 6) is 2.09. The Morgan fingerprint density at radius 2 is 2.26 bits per heavy atom. The average Bonchev–Trinajstić information content (AvgIpc) is 3.05. The minimum atomic E-state index is -0.153. The molecule has 0 spiro atoms. The third-order valence-electron chi connectivity index (χ3n) is 3.39. The molecule has 0 radical (unpaired) electrons. The lowest BCUT2D eigenvalue weighted by molar-refractivity contribution is 0.303. The lowest BCUT2D eigenvalue weighted by Crippen LogP contribution is -2.12. The van der Waals surface area contributed by atoms with Crippen LogP contribution in [0.15, 0.2) is 28.8 Å². The summed E-state index contributed by atoms with van der Waals surface area (Å²) in [4.78, 5) is 4.43. The molecule has 1 aliphatic rings. The number of para-hydroxylation sites is 1. The molecule has 5 nitrogen and oxygen atoms in total. The van der Waals surface area contributed by atoms with Crippen molar-refractivity contribution < 1.29 is 9.26 Å². The van der Waals surface area contributed by atoms with Gasteiger partial charge in [0.25, 0.3) is 0 Å². The molecule has 2 aromatic rings. The van der Waals surface area contributed by atoms with Crippen molar-refractivity contribution in [3.05, 3.63) is 41.5 Å². The molecule has 100 valence electrons. The SMILES string of the molecule is CCCC(N)c1noc(C2COc3ccccc32)n1. The van der Waals surface area contributed by atoms with Gasteiger partial charge in [0.1, 0.15) is 18.3 Å². The molecule has 3 rings (SSSR count). The molecule has 5 heteroatoms. The number of nitrogens with zero attached hydrogens (tertiary/aromatic N) is 2. The van der Waals surface area contributed by atoms with Crippen LogP contribution in [0.25, 0.3) is 0 Å². The number of nitrogens with two attached hydrogens (primary N) is 1. The molecule has 1 aliphatic heterocycles. The Hall–Kier alpha value is -1.88. The molecule has 0 saturated heterocycles. The van der Waals surface area contributed by atoms with Crippen molar-refractivity contribution >= 4 is 0 Å². The van der Waals surface area contributed by atoms with Gasteiger partial charge in [0.15, 0.2) is 5.82 Å². The van der Waals surface area contributed by atoms with Gasteiger partial charge in [-0.3, -0.25) is 0 Å². The first-order valence-electron chi connectivity index (χ1n) is 6.60. The second-order valence-corrected chi connectivity index (χ2v) is 4.79. The van der Waals surface area contributed by atoms with E-state index in [2.05, 4.69) is 17.1 Å². The topological polar surface area (TPSA) is 74.2 Å². The van der Waals surface area contributed by atoms with E-state index >= 15 is 0 Å². The molecule has 2 heterocycles. The van der Waals surface area contributed by atoms with Gasteiger partial charge in [-0.1, -0.05) is 36.7 Å². The van der Waals surface area contributed by atoms with Crippen LogP contribution in [0.4, 0.5) is 0 Å². The molecular weight excluding hydrogens is 242 g/mol. The molecule has 1 aromatic carbocycles. The summed E-state index contributed by atoms with van der Waals surface area (Å²) in [6, 6.07) is 7.77. The van der Waals surface area contributed by atoms with E-state index in [0.717, 1.165) is 24.2 Å². The van der Waals surface area contributed by atoms with Gasteiger partial charge in [-0.05, 0) is 12.5 Å². The zero-order valence-electron chi connectivity index (χ0n) is 10.9. The number of aromatic nitrogens is 2. The minimum Gasteiger partial charge on any atom is -0.492 e. The van der Waals surface area contributed by atoms with Crippen LogP contribution in [0.1, 0.15) is 49.0 Å². The first-order valence-corrected chi connectivity index (χ1v) is 6.60. The van der Waals surface area contributed by atoms with Gasteiger partial charge in [-0.2, -0.15) is 4.98 Å². The van der Waals surface area contributed by atoms with Gasteiger partial charge >= 0.3 is 0 Å². The van der Waals surface area contributed by atoms with Gasteiger partial charge in [-0.15, -0.1) is 0 Å². The Balaban J connectivity index is 1.85. The maximum atomic E-state index is 6.00. The third-order valence-corrected chi connectivity index (χ3v) is 3.39. The molecule has 0 aliphatic carbocycles. The molecule has 2 atom stereocenters. The monoisotopic (exact) mass is 259 g/mol. The maximum Gasteiger partial charge on any atom is 0.237 e. The van der Waals surface area contributed by atoms with Crippen molar-refractivity contribution in [2.45, 2.75) is 31.7 Å². The minimum absolute atomic E-state index is 0.0197. The van der Waals surface area contributed by atoms with E-state index in [1.165, 1.54) is 0 Å². The van der Waals surface area contributed by atoms with Crippen molar-refractivity contribution in [3.63, 3.8) is 0 Å². The third kappa shape index (κ3) is 2.21. The van der Waals surface area contributed by atoms with Crippen molar-refractivity contribution in [3.8, 4) is 5.75 Å². The van der Waals surface area contributed by atoms with E-state index in [1.54, 1.807) is 0 Å². The summed E-state index contributed by atoms with van der Waals surface area (Å²) in [6.07, 6.45) is 1.86. The van der Waals surface area contributed by atoms with Crippen LogP contribution in [-0.4, -0.2) is 16.7 Å². The van der Waals surface area contributed by atoms with Crippen LogP contribution in [0.5, 0.6) is 5.75 Å². The molecule has 19 heavy (non-hydrogen) atoms. The number of rotatable bonds is 4. The summed E-state index contributed by atoms with van der Waals surface area (Å²) in [6.45, 7) is 2.63. The quantitative estimate of drug-likeness (QED) is 0.912. The zero-order chi connectivity index (χ0) is 13.2. The first kappa shape index (κ1) is 12.2. The van der Waals surface area contributed by atoms with E-state index in [1.807, 2.05) is 24.3 Å². The van der Waals surface area contributed by atoms with Crippen LogP contribution in [0, 0.1) is 0 Å². The molecule has 0 saturated carbocycles. The predicted octanol–water partition coefficient (Wildman–Crippen LogP) is 2.39. The van der Waals surface area contributed by atoms with Gasteiger partial charge in [0, 0.05) is 5.56 Å². The summed E-state index contributed by atoms with van der Waals surface area (Å²) >= 11 is 0. The van der Waals surface area contributed by atoms with E-state index in [4.69, 9.17) is 15.0 Å². The van der Waals surface area contributed by atoms with Crippen molar-refractivity contribution in [2.24, 2.45) is 5.73 Å².